The lowest BCUT2D eigenvalue weighted by atomic mass is 9.87. The number of aliphatic hydroxyl groups excluding tert-OH is 1. The topological polar surface area (TPSA) is 49.3 Å². The molecule has 1 aliphatic rings. The lowest BCUT2D eigenvalue weighted by molar-refractivity contribution is -0.123. The van der Waals surface area contributed by atoms with Crippen molar-refractivity contribution in [1.29, 1.82) is 0 Å². The second-order valence-electron chi connectivity index (χ2n) is 5.44. The predicted octanol–water partition coefficient (Wildman–Crippen LogP) is 2.98. The first kappa shape index (κ1) is 14.3. The minimum atomic E-state index is 0.000949. The molecule has 2 N–H and O–H groups in total. The summed E-state index contributed by atoms with van der Waals surface area (Å²) in [6.45, 7) is 0.547. The molecule has 3 rings (SSSR count). The van der Waals surface area contributed by atoms with Gasteiger partial charge in [0.15, 0.2) is 0 Å². The average Bonchev–Trinajstić information content (AvgIpc) is 3.01. The number of amides is 1. The Bertz CT molecular complexity index is 635. The quantitative estimate of drug-likeness (QED) is 0.912. The highest BCUT2D eigenvalue weighted by atomic mass is 32.1. The molecule has 110 valence electrons. The molecular formula is C17H19NO2S. The zero-order valence-electron chi connectivity index (χ0n) is 11.8. The van der Waals surface area contributed by atoms with Crippen molar-refractivity contribution in [3.8, 4) is 0 Å². The van der Waals surface area contributed by atoms with Crippen LogP contribution in [0, 0.1) is 0 Å². The highest BCUT2D eigenvalue weighted by Crippen LogP contribution is 2.35. The second kappa shape index (κ2) is 6.41. The van der Waals surface area contributed by atoms with Gasteiger partial charge >= 0.3 is 0 Å². The summed E-state index contributed by atoms with van der Waals surface area (Å²) in [6, 6.07) is 9.78. The van der Waals surface area contributed by atoms with Gasteiger partial charge in [-0.05, 0) is 47.4 Å². The Morgan fingerprint density at radius 1 is 1.33 bits per heavy atom. The molecule has 1 heterocycles. The van der Waals surface area contributed by atoms with Gasteiger partial charge in [0.2, 0.25) is 5.91 Å². The van der Waals surface area contributed by atoms with E-state index in [1.165, 1.54) is 10.4 Å². The van der Waals surface area contributed by atoms with E-state index in [-0.39, 0.29) is 18.4 Å². The molecule has 1 atom stereocenters. The number of carbonyl (C=O) groups is 1. The molecule has 2 aromatic rings. The Kier molecular flexibility index (Phi) is 4.36. The summed E-state index contributed by atoms with van der Waals surface area (Å²) < 4.78 is 0. The molecule has 0 spiro atoms. The monoisotopic (exact) mass is 301 g/mol. The first-order chi connectivity index (χ1) is 10.3. The van der Waals surface area contributed by atoms with Crippen LogP contribution in [0.4, 0.5) is 0 Å². The summed E-state index contributed by atoms with van der Waals surface area (Å²) in [5.74, 6) is 0.116. The van der Waals surface area contributed by atoms with E-state index in [1.807, 2.05) is 24.3 Å². The summed E-state index contributed by atoms with van der Waals surface area (Å²) in [7, 11) is 0. The van der Waals surface area contributed by atoms with E-state index >= 15 is 0 Å². The van der Waals surface area contributed by atoms with Gasteiger partial charge in [-0.1, -0.05) is 24.3 Å². The predicted molar refractivity (Wildman–Crippen MR) is 84.2 cm³/mol. The van der Waals surface area contributed by atoms with Crippen LogP contribution in [0.3, 0.4) is 0 Å². The van der Waals surface area contributed by atoms with Gasteiger partial charge in [-0.25, -0.2) is 0 Å². The molecular weight excluding hydrogens is 282 g/mol. The van der Waals surface area contributed by atoms with Gasteiger partial charge in [0, 0.05) is 11.4 Å². The molecule has 0 fully saturated rings. The summed E-state index contributed by atoms with van der Waals surface area (Å²) >= 11 is 1.76. The van der Waals surface area contributed by atoms with Gasteiger partial charge in [-0.3, -0.25) is 4.79 Å². The fraction of sp³-hybridized carbons (Fsp3) is 0.353. The molecule has 4 heteroatoms. The third-order valence-electron chi connectivity index (χ3n) is 4.01. The lowest BCUT2D eigenvalue weighted by Crippen LogP contribution is -2.30. The number of hydrogen-bond donors (Lipinski definition) is 2. The summed E-state index contributed by atoms with van der Waals surface area (Å²) in [5.41, 5.74) is 3.11. The minimum Gasteiger partial charge on any atom is -0.392 e. The number of fused-ring (bicyclic) bond motifs is 1. The standard InChI is InChI=1S/C17H19NO2S/c19-11-13-4-1-3-12(9-13)10-18-17(20)15-5-2-6-16-14(15)7-8-21-16/h1,3-4,7-9,15,19H,2,5-6,10-11H2,(H,18,20). The number of benzene rings is 1. The van der Waals surface area contributed by atoms with Crippen molar-refractivity contribution >= 4 is 17.2 Å². The zero-order valence-corrected chi connectivity index (χ0v) is 12.7. The van der Waals surface area contributed by atoms with Crippen LogP contribution in [0.5, 0.6) is 0 Å². The van der Waals surface area contributed by atoms with E-state index < -0.39 is 0 Å². The fourth-order valence-corrected chi connectivity index (χ4v) is 3.90. The molecule has 0 radical (unpaired) electrons. The number of hydrogen-bond acceptors (Lipinski definition) is 3. The van der Waals surface area contributed by atoms with E-state index in [1.54, 1.807) is 11.3 Å². The first-order valence-electron chi connectivity index (χ1n) is 7.30. The maximum atomic E-state index is 12.4. The van der Waals surface area contributed by atoms with E-state index in [0.717, 1.165) is 30.4 Å². The Balaban J connectivity index is 1.65. The van der Waals surface area contributed by atoms with Crippen LogP contribution in [-0.2, 0) is 24.4 Å². The van der Waals surface area contributed by atoms with E-state index in [9.17, 15) is 4.79 Å². The number of thiophene rings is 1. The van der Waals surface area contributed by atoms with Crippen molar-refractivity contribution in [3.05, 3.63) is 57.3 Å². The van der Waals surface area contributed by atoms with Crippen molar-refractivity contribution in [1.82, 2.24) is 5.32 Å². The fourth-order valence-electron chi connectivity index (χ4n) is 2.91. The van der Waals surface area contributed by atoms with Crippen LogP contribution in [0.15, 0.2) is 35.7 Å². The molecule has 3 nitrogen and oxygen atoms in total. The Morgan fingerprint density at radius 3 is 3.05 bits per heavy atom. The molecule has 0 aliphatic heterocycles. The summed E-state index contributed by atoms with van der Waals surface area (Å²) in [6.07, 6.45) is 3.13. The molecule has 0 saturated heterocycles. The van der Waals surface area contributed by atoms with Crippen LogP contribution in [0.25, 0.3) is 0 Å². The Labute approximate surface area is 128 Å². The Morgan fingerprint density at radius 2 is 2.19 bits per heavy atom. The van der Waals surface area contributed by atoms with Gasteiger partial charge in [-0.15, -0.1) is 11.3 Å². The number of rotatable bonds is 4. The number of aliphatic hydroxyl groups is 1. The van der Waals surface area contributed by atoms with E-state index in [4.69, 9.17) is 5.11 Å². The van der Waals surface area contributed by atoms with Crippen molar-refractivity contribution in [2.45, 2.75) is 38.3 Å². The van der Waals surface area contributed by atoms with Crippen molar-refractivity contribution in [3.63, 3.8) is 0 Å². The molecule has 1 amide bonds. The summed E-state index contributed by atoms with van der Waals surface area (Å²) in [5, 5.41) is 14.3. The first-order valence-corrected chi connectivity index (χ1v) is 8.18. The Hall–Kier alpha value is -1.65. The third kappa shape index (κ3) is 3.17. The van der Waals surface area contributed by atoms with Gasteiger partial charge in [0.25, 0.3) is 0 Å². The largest absolute Gasteiger partial charge is 0.392 e. The normalized spacial score (nSPS) is 17.3. The average molecular weight is 301 g/mol. The van der Waals surface area contributed by atoms with E-state index in [2.05, 4.69) is 16.8 Å². The number of nitrogens with one attached hydrogen (secondary N) is 1. The molecule has 0 saturated carbocycles. The molecule has 1 aromatic carbocycles. The number of carbonyl (C=O) groups excluding carboxylic acids is 1. The molecule has 1 unspecified atom stereocenters. The van der Waals surface area contributed by atoms with Crippen LogP contribution in [0.1, 0.15) is 40.3 Å². The van der Waals surface area contributed by atoms with Gasteiger partial charge in [0.1, 0.15) is 0 Å². The van der Waals surface area contributed by atoms with Crippen LogP contribution in [-0.4, -0.2) is 11.0 Å². The molecule has 1 aromatic heterocycles. The second-order valence-corrected chi connectivity index (χ2v) is 6.44. The maximum Gasteiger partial charge on any atom is 0.227 e. The van der Waals surface area contributed by atoms with Crippen molar-refractivity contribution < 1.29 is 9.90 Å². The van der Waals surface area contributed by atoms with Gasteiger partial charge in [-0.2, -0.15) is 0 Å². The zero-order chi connectivity index (χ0) is 14.7. The highest BCUT2D eigenvalue weighted by molar-refractivity contribution is 7.10. The van der Waals surface area contributed by atoms with Gasteiger partial charge in [0.05, 0.1) is 12.5 Å². The molecule has 1 aliphatic carbocycles. The smallest absolute Gasteiger partial charge is 0.227 e. The lowest BCUT2D eigenvalue weighted by Gasteiger charge is -2.21. The van der Waals surface area contributed by atoms with Crippen LogP contribution in [0.2, 0.25) is 0 Å². The van der Waals surface area contributed by atoms with Crippen LogP contribution >= 0.6 is 11.3 Å². The van der Waals surface area contributed by atoms with Crippen molar-refractivity contribution in [2.75, 3.05) is 0 Å². The maximum absolute atomic E-state index is 12.4. The number of aryl methyl sites for hydroxylation is 1. The molecule has 0 bridgehead atoms. The summed E-state index contributed by atoms with van der Waals surface area (Å²) in [4.78, 5) is 13.8. The van der Waals surface area contributed by atoms with E-state index in [0.29, 0.717) is 6.54 Å². The van der Waals surface area contributed by atoms with Crippen LogP contribution < -0.4 is 5.32 Å². The third-order valence-corrected chi connectivity index (χ3v) is 5.01. The SMILES string of the molecule is O=C(NCc1cccc(CO)c1)C1CCCc2sccc21. The minimum absolute atomic E-state index is 0.000949. The highest BCUT2D eigenvalue weighted by Gasteiger charge is 2.26. The van der Waals surface area contributed by atoms with Crippen molar-refractivity contribution in [2.24, 2.45) is 0 Å². The molecule has 21 heavy (non-hydrogen) atoms. The van der Waals surface area contributed by atoms with Gasteiger partial charge < -0.3 is 10.4 Å².